The van der Waals surface area contributed by atoms with Gasteiger partial charge in [-0.3, -0.25) is 14.9 Å². The van der Waals surface area contributed by atoms with Gasteiger partial charge in [0.2, 0.25) is 5.82 Å². The van der Waals surface area contributed by atoms with Crippen LogP contribution in [-0.4, -0.2) is 22.9 Å². The Hall–Kier alpha value is -3.56. The maximum Gasteiger partial charge on any atom is 0.305 e. The first kappa shape index (κ1) is 20.7. The molecule has 1 heterocycles. The maximum atomic E-state index is 13.7. The molecule has 4 rings (SSSR count). The number of carbonyl (C=O) groups is 1. The predicted molar refractivity (Wildman–Crippen MR) is 118 cm³/mol. The van der Waals surface area contributed by atoms with Crippen LogP contribution in [0.4, 0.5) is 15.8 Å². The fourth-order valence-electron chi connectivity index (χ4n) is 2.98. The average molecular weight is 458 g/mol. The zero-order chi connectivity index (χ0) is 22.1. The van der Waals surface area contributed by atoms with Crippen LogP contribution >= 0.6 is 22.9 Å². The molecule has 3 aromatic carbocycles. The van der Waals surface area contributed by atoms with Crippen LogP contribution in [0.1, 0.15) is 10.4 Å². The van der Waals surface area contributed by atoms with Gasteiger partial charge in [-0.1, -0.05) is 23.7 Å². The van der Waals surface area contributed by atoms with Gasteiger partial charge in [0, 0.05) is 17.7 Å². The lowest BCUT2D eigenvalue weighted by Crippen LogP contribution is -2.14. The number of nitro groups is 1. The molecule has 1 N–H and O–H groups in total. The minimum Gasteiger partial charge on any atom is -0.495 e. The van der Waals surface area contributed by atoms with E-state index in [1.54, 1.807) is 12.1 Å². The molecule has 0 saturated heterocycles. The molecule has 0 atom stereocenters. The quantitative estimate of drug-likeness (QED) is 0.296. The lowest BCUT2D eigenvalue weighted by Gasteiger charge is -2.12. The van der Waals surface area contributed by atoms with Crippen LogP contribution in [0.2, 0.25) is 5.02 Å². The number of nitrogens with zero attached hydrogens (tertiary/aromatic N) is 2. The zero-order valence-corrected chi connectivity index (χ0v) is 17.5. The van der Waals surface area contributed by atoms with E-state index in [-0.39, 0.29) is 10.6 Å². The van der Waals surface area contributed by atoms with Gasteiger partial charge in [-0.15, -0.1) is 11.3 Å². The van der Waals surface area contributed by atoms with E-state index in [0.717, 1.165) is 32.9 Å². The summed E-state index contributed by atoms with van der Waals surface area (Å²) in [4.78, 5) is 27.5. The molecule has 0 aliphatic carbocycles. The van der Waals surface area contributed by atoms with Crippen LogP contribution in [0, 0.1) is 15.9 Å². The Balaban J connectivity index is 1.71. The highest BCUT2D eigenvalue weighted by Crippen LogP contribution is 2.35. The maximum absolute atomic E-state index is 13.7. The number of rotatable bonds is 5. The molecule has 0 radical (unpaired) electrons. The summed E-state index contributed by atoms with van der Waals surface area (Å²) in [6.45, 7) is 0. The molecule has 0 aliphatic rings. The molecule has 0 spiro atoms. The molecule has 0 saturated carbocycles. The van der Waals surface area contributed by atoms with Crippen molar-refractivity contribution in [1.29, 1.82) is 0 Å². The van der Waals surface area contributed by atoms with E-state index in [2.05, 4.69) is 10.3 Å². The molecule has 156 valence electrons. The molecule has 31 heavy (non-hydrogen) atoms. The first-order chi connectivity index (χ1) is 14.9. The number of para-hydroxylation sites is 1. The monoisotopic (exact) mass is 457 g/mol. The highest BCUT2D eigenvalue weighted by molar-refractivity contribution is 7.21. The number of benzene rings is 3. The summed E-state index contributed by atoms with van der Waals surface area (Å²) in [6.07, 6.45) is 0. The number of amides is 1. The third-order valence-corrected chi connectivity index (χ3v) is 5.86. The number of halogens is 2. The second-order valence-corrected chi connectivity index (χ2v) is 7.83. The van der Waals surface area contributed by atoms with Gasteiger partial charge in [0.15, 0.2) is 0 Å². The summed E-state index contributed by atoms with van der Waals surface area (Å²) in [6, 6.07) is 14.4. The van der Waals surface area contributed by atoms with E-state index >= 15 is 0 Å². The summed E-state index contributed by atoms with van der Waals surface area (Å²) in [7, 11) is 1.44. The predicted octanol–water partition coefficient (Wildman–Crippen LogP) is 5.92. The molecule has 1 amide bonds. The third kappa shape index (κ3) is 4.05. The number of thiazole rings is 1. The molecular formula is C21H13ClFN3O4S. The van der Waals surface area contributed by atoms with E-state index < -0.39 is 22.3 Å². The number of nitro benzene ring substituents is 1. The van der Waals surface area contributed by atoms with Gasteiger partial charge in [-0.05, 0) is 30.3 Å². The van der Waals surface area contributed by atoms with Crippen molar-refractivity contribution in [1.82, 2.24) is 4.98 Å². The number of ether oxygens (including phenoxy) is 1. The molecule has 0 aliphatic heterocycles. The molecule has 10 heteroatoms. The number of fused-ring (bicyclic) bond motifs is 1. The molecule has 0 bridgehead atoms. The van der Waals surface area contributed by atoms with E-state index in [1.165, 1.54) is 18.4 Å². The van der Waals surface area contributed by atoms with Gasteiger partial charge < -0.3 is 10.1 Å². The molecule has 1 aromatic heterocycles. The van der Waals surface area contributed by atoms with Crippen molar-refractivity contribution in [3.8, 4) is 16.3 Å². The van der Waals surface area contributed by atoms with Crippen LogP contribution in [0.5, 0.6) is 5.75 Å². The van der Waals surface area contributed by atoms with Crippen LogP contribution in [0.15, 0.2) is 54.6 Å². The van der Waals surface area contributed by atoms with Crippen LogP contribution < -0.4 is 10.1 Å². The number of aromatic nitrogens is 1. The van der Waals surface area contributed by atoms with Crippen molar-refractivity contribution in [2.75, 3.05) is 12.4 Å². The average Bonchev–Trinajstić information content (AvgIpc) is 3.17. The van der Waals surface area contributed by atoms with Gasteiger partial charge in [-0.25, -0.2) is 4.98 Å². The first-order valence-electron chi connectivity index (χ1n) is 8.86. The second kappa shape index (κ2) is 8.29. The summed E-state index contributed by atoms with van der Waals surface area (Å²) >= 11 is 7.44. The molecule has 0 fully saturated rings. The largest absolute Gasteiger partial charge is 0.495 e. The van der Waals surface area contributed by atoms with E-state index in [0.29, 0.717) is 11.4 Å². The Bertz CT molecular complexity index is 1310. The number of hydrogen-bond acceptors (Lipinski definition) is 6. The van der Waals surface area contributed by atoms with E-state index in [1.807, 2.05) is 30.3 Å². The lowest BCUT2D eigenvalue weighted by atomic mass is 10.1. The van der Waals surface area contributed by atoms with Crippen molar-refractivity contribution in [3.63, 3.8) is 0 Å². The minimum absolute atomic E-state index is 0.234. The fourth-order valence-corrected chi connectivity index (χ4v) is 4.17. The topological polar surface area (TPSA) is 94.4 Å². The third-order valence-electron chi connectivity index (χ3n) is 4.47. The van der Waals surface area contributed by atoms with Crippen molar-refractivity contribution in [2.24, 2.45) is 0 Å². The number of hydrogen-bond donors (Lipinski definition) is 1. The van der Waals surface area contributed by atoms with E-state index in [9.17, 15) is 19.3 Å². The summed E-state index contributed by atoms with van der Waals surface area (Å²) in [5, 5.41) is 14.1. The lowest BCUT2D eigenvalue weighted by molar-refractivity contribution is -0.387. The first-order valence-corrected chi connectivity index (χ1v) is 10.1. The van der Waals surface area contributed by atoms with Crippen molar-refractivity contribution < 1.29 is 18.8 Å². The molecular weight excluding hydrogens is 445 g/mol. The highest BCUT2D eigenvalue weighted by atomic mass is 35.5. The smallest absolute Gasteiger partial charge is 0.305 e. The number of carbonyl (C=O) groups excluding carboxylic acids is 1. The summed E-state index contributed by atoms with van der Waals surface area (Å²) < 4.78 is 20.1. The standard InChI is InChI=1S/C21H13ClFN3O4S/c1-30-18-7-6-11(21-25-15-4-2-3-5-19(15)31-21)8-16(18)24-20(27)12-9-17(26(28)29)14(23)10-13(12)22/h2-10H,1H3,(H,24,27). The van der Waals surface area contributed by atoms with Crippen LogP contribution in [-0.2, 0) is 0 Å². The SMILES string of the molecule is COc1ccc(-c2nc3ccccc3s2)cc1NC(=O)c1cc([N+](=O)[O-])c(F)cc1Cl. The normalized spacial score (nSPS) is 10.8. The number of methoxy groups -OCH3 is 1. The number of nitrogens with one attached hydrogen (secondary N) is 1. The van der Waals surface area contributed by atoms with Crippen LogP contribution in [0.25, 0.3) is 20.8 Å². The van der Waals surface area contributed by atoms with Gasteiger partial charge in [0.1, 0.15) is 10.8 Å². The van der Waals surface area contributed by atoms with Gasteiger partial charge >= 0.3 is 5.69 Å². The Morgan fingerprint density at radius 3 is 2.71 bits per heavy atom. The van der Waals surface area contributed by atoms with E-state index in [4.69, 9.17) is 16.3 Å². The molecule has 7 nitrogen and oxygen atoms in total. The zero-order valence-electron chi connectivity index (χ0n) is 15.9. The Kier molecular flexibility index (Phi) is 5.53. The van der Waals surface area contributed by atoms with Gasteiger partial charge in [0.05, 0.1) is 38.5 Å². The van der Waals surface area contributed by atoms with Crippen molar-refractivity contribution in [2.45, 2.75) is 0 Å². The fraction of sp³-hybridized carbons (Fsp3) is 0.0476. The van der Waals surface area contributed by atoms with Crippen molar-refractivity contribution >= 4 is 50.4 Å². The number of anilines is 1. The minimum atomic E-state index is -1.12. The summed E-state index contributed by atoms with van der Waals surface area (Å²) in [5.41, 5.74) is 0.835. The van der Waals surface area contributed by atoms with Crippen molar-refractivity contribution in [3.05, 3.63) is 81.1 Å². The molecule has 4 aromatic rings. The Morgan fingerprint density at radius 2 is 2.00 bits per heavy atom. The second-order valence-electron chi connectivity index (χ2n) is 6.40. The van der Waals surface area contributed by atoms with Gasteiger partial charge in [0.25, 0.3) is 5.91 Å². The highest BCUT2D eigenvalue weighted by Gasteiger charge is 2.22. The Labute approximate surface area is 184 Å². The summed E-state index contributed by atoms with van der Waals surface area (Å²) in [5.74, 6) is -1.50. The Morgan fingerprint density at radius 1 is 1.23 bits per heavy atom. The molecule has 0 unspecified atom stereocenters. The van der Waals surface area contributed by atoms with Crippen LogP contribution in [0.3, 0.4) is 0 Å². The van der Waals surface area contributed by atoms with Gasteiger partial charge in [-0.2, -0.15) is 4.39 Å².